The van der Waals surface area contributed by atoms with E-state index in [1.165, 1.54) is 30.0 Å². The van der Waals surface area contributed by atoms with E-state index in [-0.39, 0.29) is 6.42 Å². The van der Waals surface area contributed by atoms with Crippen LogP contribution < -0.4 is 0 Å². The summed E-state index contributed by atoms with van der Waals surface area (Å²) in [5.74, 6) is -0.730. The van der Waals surface area contributed by atoms with Crippen molar-refractivity contribution in [3.8, 4) is 0 Å². The zero-order valence-corrected chi connectivity index (χ0v) is 19.6. The van der Waals surface area contributed by atoms with Crippen LogP contribution in [0, 0.1) is 5.82 Å². The number of aromatic nitrogens is 4. The number of allylic oxidation sites excluding steroid dienone is 2. The van der Waals surface area contributed by atoms with Crippen molar-refractivity contribution in [3.63, 3.8) is 0 Å². The van der Waals surface area contributed by atoms with Gasteiger partial charge in [0.1, 0.15) is 29.4 Å². The maximum absolute atomic E-state index is 13.8. The van der Waals surface area contributed by atoms with Crippen LogP contribution >= 0.6 is 0 Å². The fraction of sp³-hybridized carbons (Fsp3) is 0.192. The number of esters is 1. The van der Waals surface area contributed by atoms with Crippen LogP contribution in [0.3, 0.4) is 0 Å². The quantitative estimate of drug-likeness (QED) is 0.215. The Bertz CT molecular complexity index is 1420. The Morgan fingerprint density at radius 2 is 1.94 bits per heavy atom. The second kappa shape index (κ2) is 10.9. The minimum absolute atomic E-state index is 0.285. The van der Waals surface area contributed by atoms with Gasteiger partial charge >= 0.3 is 5.97 Å². The van der Waals surface area contributed by atoms with Crippen molar-refractivity contribution in [2.75, 3.05) is 7.11 Å². The zero-order valence-electron chi connectivity index (χ0n) is 19.6. The first-order valence-corrected chi connectivity index (χ1v) is 11.0. The van der Waals surface area contributed by atoms with Gasteiger partial charge in [-0.2, -0.15) is 0 Å². The average molecular weight is 490 g/mol. The second-order valence-corrected chi connectivity index (χ2v) is 7.99. The number of aliphatic hydroxyl groups excluding tert-OH is 1. The number of tetrazole rings is 1. The summed E-state index contributed by atoms with van der Waals surface area (Å²) in [6.45, 7) is 0. The van der Waals surface area contributed by atoms with Crippen molar-refractivity contribution in [2.45, 2.75) is 18.9 Å². The van der Waals surface area contributed by atoms with Gasteiger partial charge in [0.15, 0.2) is 5.82 Å². The summed E-state index contributed by atoms with van der Waals surface area (Å²) in [6, 6.07) is 15.2. The Balaban J connectivity index is 1.84. The molecule has 0 bridgehead atoms. The highest BCUT2D eigenvalue weighted by Gasteiger charge is 2.21. The molecular formula is C26H23FN4O5. The third-order valence-electron chi connectivity index (χ3n) is 5.43. The molecule has 0 spiro atoms. The van der Waals surface area contributed by atoms with E-state index in [4.69, 9.17) is 4.42 Å². The number of ketones is 1. The molecule has 2 aromatic carbocycles. The summed E-state index contributed by atoms with van der Waals surface area (Å²) in [6.07, 6.45) is 1.08. The smallest absolute Gasteiger partial charge is 0.313 e. The van der Waals surface area contributed by atoms with Gasteiger partial charge in [0, 0.05) is 30.0 Å². The number of nitrogens with zero attached hydrogens (tertiary/aromatic N) is 4. The second-order valence-electron chi connectivity index (χ2n) is 7.99. The van der Waals surface area contributed by atoms with Crippen molar-refractivity contribution in [3.05, 3.63) is 89.7 Å². The fourth-order valence-corrected chi connectivity index (χ4v) is 3.69. The highest BCUT2D eigenvalue weighted by molar-refractivity contribution is 6.01. The van der Waals surface area contributed by atoms with Crippen LogP contribution in [-0.4, -0.2) is 50.3 Å². The number of rotatable bonds is 9. The first kappa shape index (κ1) is 24.7. The minimum Gasteiger partial charge on any atom is -0.469 e. The first-order valence-electron chi connectivity index (χ1n) is 11.0. The normalized spacial score (nSPS) is 13.1. The molecule has 0 fully saturated rings. The largest absolute Gasteiger partial charge is 0.469 e. The number of ether oxygens (including phenoxy) is 1. The molecule has 0 saturated carbocycles. The molecule has 2 aromatic heterocycles. The van der Waals surface area contributed by atoms with Crippen LogP contribution in [0.25, 0.3) is 22.1 Å². The van der Waals surface area contributed by atoms with E-state index in [2.05, 4.69) is 20.3 Å². The van der Waals surface area contributed by atoms with Crippen molar-refractivity contribution in [2.24, 2.45) is 7.05 Å². The predicted octanol–water partition coefficient (Wildman–Crippen LogP) is 3.49. The first-order chi connectivity index (χ1) is 17.4. The number of aryl methyl sites for hydroxylation is 1. The van der Waals surface area contributed by atoms with Gasteiger partial charge in [-0.3, -0.25) is 9.59 Å². The lowest BCUT2D eigenvalue weighted by Gasteiger charge is -2.12. The van der Waals surface area contributed by atoms with Gasteiger partial charge in [0.2, 0.25) is 0 Å². The van der Waals surface area contributed by atoms with E-state index in [0.29, 0.717) is 33.9 Å². The number of carbonyl (C=O) groups is 2. The molecule has 184 valence electrons. The molecule has 4 aromatic rings. The maximum Gasteiger partial charge on any atom is 0.313 e. The van der Waals surface area contributed by atoms with Gasteiger partial charge in [0.05, 0.1) is 13.2 Å². The van der Waals surface area contributed by atoms with Crippen molar-refractivity contribution in [1.29, 1.82) is 0 Å². The molecule has 0 aliphatic heterocycles. The van der Waals surface area contributed by atoms with E-state index >= 15 is 0 Å². The number of fused-ring (bicyclic) bond motifs is 1. The van der Waals surface area contributed by atoms with E-state index in [9.17, 15) is 19.1 Å². The molecule has 4 rings (SSSR count). The molecule has 9 nitrogen and oxygen atoms in total. The van der Waals surface area contributed by atoms with E-state index < -0.39 is 30.1 Å². The van der Waals surface area contributed by atoms with Crippen molar-refractivity contribution >= 4 is 33.9 Å². The topological polar surface area (TPSA) is 120 Å². The molecule has 0 aliphatic carbocycles. The molecule has 10 heteroatoms. The van der Waals surface area contributed by atoms with Crippen molar-refractivity contribution < 1.29 is 28.2 Å². The Labute approximate surface area is 205 Å². The number of carbonyl (C=O) groups excluding carboxylic acids is 2. The van der Waals surface area contributed by atoms with Crippen molar-refractivity contribution in [1.82, 2.24) is 20.2 Å². The fourth-order valence-electron chi connectivity index (χ4n) is 3.69. The third kappa shape index (κ3) is 5.61. The molecule has 0 amide bonds. The van der Waals surface area contributed by atoms with Gasteiger partial charge < -0.3 is 14.3 Å². The summed E-state index contributed by atoms with van der Waals surface area (Å²) in [5.41, 5.74) is 2.29. The van der Waals surface area contributed by atoms with Gasteiger partial charge in [-0.1, -0.05) is 42.5 Å². The van der Waals surface area contributed by atoms with Gasteiger partial charge in [-0.15, -0.1) is 5.10 Å². The lowest BCUT2D eigenvalue weighted by Crippen LogP contribution is -2.15. The summed E-state index contributed by atoms with van der Waals surface area (Å²) >= 11 is 0. The number of hydrogen-bond donors (Lipinski definition) is 1. The number of benzene rings is 2. The van der Waals surface area contributed by atoms with Gasteiger partial charge in [-0.25, -0.2) is 9.07 Å². The monoisotopic (exact) mass is 490 g/mol. The van der Waals surface area contributed by atoms with E-state index in [0.717, 1.165) is 5.39 Å². The van der Waals surface area contributed by atoms with Gasteiger partial charge in [0.25, 0.3) is 0 Å². The molecular weight excluding hydrogens is 467 g/mol. The SMILES string of the molecule is COC(=O)CC(=O)CC(O)C=CC(=C(c1ccc(F)cc1)c1cc2ccccc2o1)c1nnnn1C. The molecule has 0 aliphatic rings. The number of Topliss-reactive ketones (excluding diaryl/α,β-unsaturated/α-hetero) is 1. The summed E-state index contributed by atoms with van der Waals surface area (Å²) < 4.78 is 25.8. The minimum atomic E-state index is -1.19. The molecule has 1 atom stereocenters. The van der Waals surface area contributed by atoms with Crippen LogP contribution in [0.1, 0.15) is 30.0 Å². The van der Waals surface area contributed by atoms with Gasteiger partial charge in [-0.05, 0) is 40.3 Å². The van der Waals surface area contributed by atoms with E-state index in [1.54, 1.807) is 25.3 Å². The lowest BCUT2D eigenvalue weighted by molar-refractivity contribution is -0.143. The Hall–Kier alpha value is -4.44. The van der Waals surface area contributed by atoms with Crippen LogP contribution in [0.5, 0.6) is 0 Å². The highest BCUT2D eigenvalue weighted by Crippen LogP contribution is 2.35. The highest BCUT2D eigenvalue weighted by atomic mass is 19.1. The molecule has 1 N–H and O–H groups in total. The Morgan fingerprint density at radius 3 is 2.61 bits per heavy atom. The summed E-state index contributed by atoms with van der Waals surface area (Å²) in [5, 5.41) is 23.1. The number of hydrogen-bond acceptors (Lipinski definition) is 8. The van der Waals surface area contributed by atoms with Crippen LogP contribution in [0.2, 0.25) is 0 Å². The van der Waals surface area contributed by atoms with E-state index in [1.807, 2.05) is 30.3 Å². The Morgan fingerprint density at radius 1 is 1.19 bits per heavy atom. The molecule has 36 heavy (non-hydrogen) atoms. The standard InChI is InChI=1S/C26H23FN4O5/c1-31-26(28-29-30-31)21(12-11-19(32)14-20(33)15-24(34)35-2)25(16-7-9-18(27)10-8-16)23-13-17-5-3-4-6-22(17)36-23/h3-13,19,32H,14-15H2,1-2H3. The number of para-hydroxylation sites is 1. The van der Waals surface area contributed by atoms with Crippen LogP contribution in [0.15, 0.2) is 71.2 Å². The number of furan rings is 1. The summed E-state index contributed by atoms with van der Waals surface area (Å²) in [7, 11) is 2.84. The molecule has 0 saturated heterocycles. The Kier molecular flexibility index (Phi) is 7.45. The van der Waals surface area contributed by atoms with Crippen LogP contribution in [0.4, 0.5) is 4.39 Å². The third-order valence-corrected chi connectivity index (χ3v) is 5.43. The average Bonchev–Trinajstić information content (AvgIpc) is 3.48. The number of methoxy groups -OCH3 is 1. The van der Waals surface area contributed by atoms with Crippen LogP contribution in [-0.2, 0) is 21.4 Å². The predicted molar refractivity (Wildman–Crippen MR) is 129 cm³/mol. The molecule has 2 heterocycles. The zero-order chi connectivity index (χ0) is 25.7. The molecule has 1 unspecified atom stereocenters. The maximum atomic E-state index is 13.8. The number of aliphatic hydroxyl groups is 1. The summed E-state index contributed by atoms with van der Waals surface area (Å²) in [4.78, 5) is 23.4. The number of halogens is 1. The lowest BCUT2D eigenvalue weighted by atomic mass is 9.95. The molecule has 0 radical (unpaired) electrons.